The quantitative estimate of drug-likeness (QED) is 0.228. The standard InChI is InChI=1S/C20H34N4O2.HI/c1-4-5-14-26-15-8-12-22-20(21-2)23-17-11-13-24(16-17)18-9-6-7-10-19(18)25-3;/h6-7,9-10,17H,4-5,8,11-16H2,1-3H3,(H2,21,22,23);1H. The van der Waals surface area contributed by atoms with E-state index in [4.69, 9.17) is 9.47 Å². The molecule has 1 aromatic carbocycles. The maximum atomic E-state index is 5.59. The normalized spacial score (nSPS) is 16.8. The predicted octanol–water partition coefficient (Wildman–Crippen LogP) is 3.26. The molecule has 2 N–H and O–H groups in total. The number of unbranched alkanes of at least 4 members (excludes halogenated alkanes) is 1. The minimum absolute atomic E-state index is 0. The Morgan fingerprint density at radius 2 is 2.04 bits per heavy atom. The van der Waals surface area contributed by atoms with Gasteiger partial charge in [-0.1, -0.05) is 25.5 Å². The molecule has 0 amide bonds. The van der Waals surface area contributed by atoms with Gasteiger partial charge in [0.05, 0.1) is 12.8 Å². The molecule has 1 heterocycles. The number of nitrogens with zero attached hydrogens (tertiary/aromatic N) is 2. The molecule has 0 aromatic heterocycles. The minimum Gasteiger partial charge on any atom is -0.495 e. The van der Waals surface area contributed by atoms with Crippen LogP contribution in [-0.4, -0.2) is 59.0 Å². The van der Waals surface area contributed by atoms with Gasteiger partial charge in [-0.05, 0) is 31.4 Å². The first-order valence-electron chi connectivity index (χ1n) is 9.71. The molecule has 1 aromatic rings. The monoisotopic (exact) mass is 490 g/mol. The highest BCUT2D eigenvalue weighted by molar-refractivity contribution is 14.0. The highest BCUT2D eigenvalue weighted by Crippen LogP contribution is 2.30. The van der Waals surface area contributed by atoms with Crippen molar-refractivity contribution in [1.82, 2.24) is 10.6 Å². The number of anilines is 1. The third-order valence-electron chi connectivity index (χ3n) is 4.58. The molecule has 0 saturated carbocycles. The van der Waals surface area contributed by atoms with Crippen LogP contribution in [0.3, 0.4) is 0 Å². The van der Waals surface area contributed by atoms with Crippen molar-refractivity contribution in [3.05, 3.63) is 24.3 Å². The maximum Gasteiger partial charge on any atom is 0.191 e. The van der Waals surface area contributed by atoms with Crippen LogP contribution >= 0.6 is 24.0 Å². The van der Waals surface area contributed by atoms with Crippen LogP contribution in [0.25, 0.3) is 0 Å². The summed E-state index contributed by atoms with van der Waals surface area (Å²) >= 11 is 0. The third kappa shape index (κ3) is 8.13. The number of guanidine groups is 1. The number of halogens is 1. The number of methoxy groups -OCH3 is 1. The largest absolute Gasteiger partial charge is 0.495 e. The van der Waals surface area contributed by atoms with Crippen LogP contribution < -0.4 is 20.3 Å². The lowest BCUT2D eigenvalue weighted by Gasteiger charge is -2.22. The van der Waals surface area contributed by atoms with E-state index in [1.165, 1.54) is 6.42 Å². The van der Waals surface area contributed by atoms with Gasteiger partial charge in [-0.3, -0.25) is 4.99 Å². The molecule has 1 aliphatic heterocycles. The van der Waals surface area contributed by atoms with E-state index >= 15 is 0 Å². The van der Waals surface area contributed by atoms with Gasteiger partial charge in [0.1, 0.15) is 5.75 Å². The SMILES string of the molecule is CCCCOCCCNC(=NC)NC1CCN(c2ccccc2OC)C1.I. The van der Waals surface area contributed by atoms with Crippen LogP contribution in [0.5, 0.6) is 5.75 Å². The van der Waals surface area contributed by atoms with Gasteiger partial charge in [0.2, 0.25) is 0 Å². The van der Waals surface area contributed by atoms with Gasteiger partial charge in [-0.2, -0.15) is 0 Å². The molecule has 27 heavy (non-hydrogen) atoms. The topological polar surface area (TPSA) is 58.1 Å². The molecule has 1 saturated heterocycles. The second-order valence-electron chi connectivity index (χ2n) is 6.57. The van der Waals surface area contributed by atoms with E-state index in [2.05, 4.69) is 39.6 Å². The summed E-state index contributed by atoms with van der Waals surface area (Å²) in [5.74, 6) is 1.80. The summed E-state index contributed by atoms with van der Waals surface area (Å²) in [5.41, 5.74) is 1.16. The smallest absolute Gasteiger partial charge is 0.191 e. The summed E-state index contributed by atoms with van der Waals surface area (Å²) < 4.78 is 11.1. The van der Waals surface area contributed by atoms with Gasteiger partial charge in [0, 0.05) is 45.9 Å². The zero-order valence-corrected chi connectivity index (χ0v) is 19.2. The summed E-state index contributed by atoms with van der Waals surface area (Å²) in [5, 5.41) is 6.91. The van der Waals surface area contributed by atoms with Crippen molar-refractivity contribution in [3.8, 4) is 5.75 Å². The first kappa shape index (κ1) is 23.8. The van der Waals surface area contributed by atoms with Crippen molar-refractivity contribution in [3.63, 3.8) is 0 Å². The van der Waals surface area contributed by atoms with Crippen LogP contribution in [0, 0.1) is 0 Å². The predicted molar refractivity (Wildman–Crippen MR) is 124 cm³/mol. The Hall–Kier alpha value is -1.22. The van der Waals surface area contributed by atoms with E-state index in [1.54, 1.807) is 7.11 Å². The second kappa shape index (κ2) is 13.9. The zero-order valence-electron chi connectivity index (χ0n) is 16.9. The van der Waals surface area contributed by atoms with E-state index < -0.39 is 0 Å². The lowest BCUT2D eigenvalue weighted by molar-refractivity contribution is 0.129. The molecule has 1 atom stereocenters. The molecule has 0 radical (unpaired) electrons. The Bertz CT molecular complexity index is 557. The van der Waals surface area contributed by atoms with E-state index in [9.17, 15) is 0 Å². The molecule has 0 bridgehead atoms. The first-order chi connectivity index (χ1) is 12.8. The van der Waals surface area contributed by atoms with Crippen molar-refractivity contribution < 1.29 is 9.47 Å². The molecular weight excluding hydrogens is 455 g/mol. The van der Waals surface area contributed by atoms with Gasteiger partial charge in [0.25, 0.3) is 0 Å². The molecule has 1 aliphatic rings. The molecule has 0 spiro atoms. The number of aliphatic imine (C=N–C) groups is 1. The molecule has 0 aliphatic carbocycles. The third-order valence-corrected chi connectivity index (χ3v) is 4.58. The molecule has 1 fully saturated rings. The number of ether oxygens (including phenoxy) is 2. The second-order valence-corrected chi connectivity index (χ2v) is 6.57. The highest BCUT2D eigenvalue weighted by atomic mass is 127. The summed E-state index contributed by atoms with van der Waals surface area (Å²) in [6.07, 6.45) is 4.39. The Balaban J connectivity index is 0.00000364. The average Bonchev–Trinajstić information content (AvgIpc) is 3.14. The summed E-state index contributed by atoms with van der Waals surface area (Å²) in [6.45, 7) is 6.67. The van der Waals surface area contributed by atoms with Gasteiger partial charge >= 0.3 is 0 Å². The van der Waals surface area contributed by atoms with Crippen molar-refractivity contribution in [2.24, 2.45) is 4.99 Å². The summed E-state index contributed by atoms with van der Waals surface area (Å²) in [7, 11) is 3.54. The summed E-state index contributed by atoms with van der Waals surface area (Å²) in [4.78, 5) is 6.71. The number of hydrogen-bond acceptors (Lipinski definition) is 4. The van der Waals surface area contributed by atoms with Crippen LogP contribution in [-0.2, 0) is 4.74 Å². The van der Waals surface area contributed by atoms with Crippen molar-refractivity contribution in [2.45, 2.75) is 38.6 Å². The lowest BCUT2D eigenvalue weighted by atomic mass is 10.2. The molecular formula is C20H35IN4O2. The number of para-hydroxylation sites is 2. The van der Waals surface area contributed by atoms with Crippen LogP contribution in [0.4, 0.5) is 5.69 Å². The van der Waals surface area contributed by atoms with Gasteiger partial charge < -0.3 is 25.0 Å². The maximum absolute atomic E-state index is 5.59. The molecule has 6 nitrogen and oxygen atoms in total. The van der Waals surface area contributed by atoms with Crippen LogP contribution in [0.2, 0.25) is 0 Å². The van der Waals surface area contributed by atoms with Gasteiger partial charge in [-0.15, -0.1) is 24.0 Å². The van der Waals surface area contributed by atoms with Gasteiger partial charge in [-0.25, -0.2) is 0 Å². The van der Waals surface area contributed by atoms with Crippen LogP contribution in [0.1, 0.15) is 32.6 Å². The number of hydrogen-bond donors (Lipinski definition) is 2. The number of benzene rings is 1. The lowest BCUT2D eigenvalue weighted by Crippen LogP contribution is -2.45. The van der Waals surface area contributed by atoms with Crippen molar-refractivity contribution in [2.75, 3.05) is 51.9 Å². The van der Waals surface area contributed by atoms with Crippen molar-refractivity contribution in [1.29, 1.82) is 0 Å². The Morgan fingerprint density at radius 1 is 1.26 bits per heavy atom. The average molecular weight is 490 g/mol. The fourth-order valence-electron chi connectivity index (χ4n) is 3.11. The molecule has 7 heteroatoms. The summed E-state index contributed by atoms with van der Waals surface area (Å²) in [6, 6.07) is 8.58. The number of nitrogens with one attached hydrogen (secondary N) is 2. The van der Waals surface area contributed by atoms with E-state index in [1.807, 2.05) is 19.2 Å². The van der Waals surface area contributed by atoms with E-state index in [0.29, 0.717) is 6.04 Å². The minimum atomic E-state index is 0. The Labute approximate surface area is 181 Å². The highest BCUT2D eigenvalue weighted by Gasteiger charge is 2.25. The van der Waals surface area contributed by atoms with Crippen LogP contribution in [0.15, 0.2) is 29.3 Å². The fourth-order valence-corrected chi connectivity index (χ4v) is 3.11. The molecule has 154 valence electrons. The van der Waals surface area contributed by atoms with E-state index in [-0.39, 0.29) is 24.0 Å². The van der Waals surface area contributed by atoms with E-state index in [0.717, 1.165) is 69.5 Å². The Morgan fingerprint density at radius 3 is 2.78 bits per heavy atom. The van der Waals surface area contributed by atoms with Gasteiger partial charge in [0.15, 0.2) is 5.96 Å². The van der Waals surface area contributed by atoms with Crippen molar-refractivity contribution >= 4 is 35.6 Å². The first-order valence-corrected chi connectivity index (χ1v) is 9.71. The Kier molecular flexibility index (Phi) is 12.2. The fraction of sp³-hybridized carbons (Fsp3) is 0.650. The molecule has 2 rings (SSSR count). The number of rotatable bonds is 10. The molecule has 1 unspecified atom stereocenters. The zero-order chi connectivity index (χ0) is 18.6.